The molecule has 6 heteroatoms. The van der Waals surface area contributed by atoms with Crippen molar-refractivity contribution in [3.05, 3.63) is 35.7 Å². The highest BCUT2D eigenvalue weighted by Crippen LogP contribution is 2.29. The minimum Gasteiger partial charge on any atom is -0.395 e. The van der Waals surface area contributed by atoms with Crippen molar-refractivity contribution in [2.24, 2.45) is 0 Å². The van der Waals surface area contributed by atoms with Gasteiger partial charge in [0.25, 0.3) is 0 Å². The Bertz CT molecular complexity index is 661. The number of aliphatic hydroxyl groups excluding tert-OH is 1. The van der Waals surface area contributed by atoms with Crippen LogP contribution in [0.1, 0.15) is 24.6 Å². The van der Waals surface area contributed by atoms with Gasteiger partial charge in [-0.1, -0.05) is 6.07 Å². The van der Waals surface area contributed by atoms with Crippen molar-refractivity contribution in [1.29, 1.82) is 0 Å². The van der Waals surface area contributed by atoms with Gasteiger partial charge in [0.1, 0.15) is 11.5 Å². The fourth-order valence-electron chi connectivity index (χ4n) is 2.91. The van der Waals surface area contributed by atoms with Gasteiger partial charge in [-0.2, -0.15) is 11.8 Å². The molecule has 0 unspecified atom stereocenters. The molecule has 2 heterocycles. The van der Waals surface area contributed by atoms with E-state index in [2.05, 4.69) is 17.2 Å². The first-order valence-corrected chi connectivity index (χ1v) is 9.23. The molecule has 2 N–H and O–H groups in total. The second-order valence-corrected chi connectivity index (χ2v) is 6.86. The largest absolute Gasteiger partial charge is 0.395 e. The minimum absolute atomic E-state index is 0.131. The van der Waals surface area contributed by atoms with E-state index < -0.39 is 0 Å². The van der Waals surface area contributed by atoms with E-state index in [0.717, 1.165) is 36.5 Å². The molecule has 1 aliphatic carbocycles. The van der Waals surface area contributed by atoms with Crippen LogP contribution in [0.2, 0.25) is 0 Å². The molecule has 0 saturated heterocycles. The van der Waals surface area contributed by atoms with Crippen molar-refractivity contribution in [3.63, 3.8) is 0 Å². The fourth-order valence-corrected chi connectivity index (χ4v) is 3.53. The monoisotopic (exact) mass is 330 g/mol. The summed E-state index contributed by atoms with van der Waals surface area (Å²) >= 11 is 1.66. The minimum atomic E-state index is 0.131. The average Bonchev–Trinajstić information content (AvgIpc) is 3.05. The molecule has 3 rings (SSSR count). The normalized spacial score (nSPS) is 16.0. The van der Waals surface area contributed by atoms with Crippen LogP contribution in [0.5, 0.6) is 0 Å². The molecular formula is C17H22N4OS. The van der Waals surface area contributed by atoms with Gasteiger partial charge in [-0.05, 0) is 44.6 Å². The summed E-state index contributed by atoms with van der Waals surface area (Å²) in [6.45, 7) is 2.23. The van der Waals surface area contributed by atoms with Crippen molar-refractivity contribution in [3.8, 4) is 11.5 Å². The number of hydrogen-bond donors (Lipinski definition) is 2. The lowest BCUT2D eigenvalue weighted by Crippen LogP contribution is -2.31. The molecule has 0 saturated carbocycles. The van der Waals surface area contributed by atoms with Gasteiger partial charge in [0.15, 0.2) is 5.82 Å². The third kappa shape index (κ3) is 3.48. The van der Waals surface area contributed by atoms with E-state index in [9.17, 15) is 5.11 Å². The van der Waals surface area contributed by atoms with Crippen LogP contribution in [0.25, 0.3) is 11.5 Å². The highest BCUT2D eigenvalue weighted by Gasteiger charge is 2.23. The highest BCUT2D eigenvalue weighted by molar-refractivity contribution is 7.99. The molecule has 0 spiro atoms. The molecule has 0 fully saturated rings. The second-order valence-electron chi connectivity index (χ2n) is 5.78. The van der Waals surface area contributed by atoms with Crippen LogP contribution in [0.15, 0.2) is 24.4 Å². The Balaban J connectivity index is 1.94. The molecule has 0 aliphatic heterocycles. The number of hydrogen-bond acceptors (Lipinski definition) is 6. The number of anilines is 1. The lowest BCUT2D eigenvalue weighted by Gasteiger charge is -2.23. The first kappa shape index (κ1) is 16.2. The van der Waals surface area contributed by atoms with Crippen LogP contribution in [-0.4, -0.2) is 44.2 Å². The van der Waals surface area contributed by atoms with Crippen molar-refractivity contribution in [1.82, 2.24) is 15.0 Å². The molecule has 2 atom stereocenters. The number of aromatic nitrogens is 3. The molecule has 0 radical (unpaired) electrons. The van der Waals surface area contributed by atoms with Crippen molar-refractivity contribution in [2.75, 3.05) is 18.2 Å². The fraction of sp³-hybridized carbons (Fsp3) is 0.471. The third-order valence-electron chi connectivity index (χ3n) is 4.23. The Kier molecular flexibility index (Phi) is 5.13. The molecule has 2 aromatic heterocycles. The molecule has 2 aromatic rings. The van der Waals surface area contributed by atoms with E-state index in [4.69, 9.17) is 9.97 Å². The third-order valence-corrected chi connectivity index (χ3v) is 5.39. The van der Waals surface area contributed by atoms with E-state index in [1.165, 1.54) is 5.56 Å². The predicted molar refractivity (Wildman–Crippen MR) is 94.8 cm³/mol. The summed E-state index contributed by atoms with van der Waals surface area (Å²) in [6.07, 6.45) is 6.90. The van der Waals surface area contributed by atoms with Crippen molar-refractivity contribution in [2.45, 2.75) is 37.5 Å². The van der Waals surface area contributed by atoms with Gasteiger partial charge in [-0.3, -0.25) is 4.98 Å². The standard InChI is InChI=1S/C17H22N4OS/c1-11(15(10-22)23-2)19-16-12-6-5-8-13(12)20-17(21-16)14-7-3-4-9-18-14/h3-4,7,9,11,15,22H,5-6,8,10H2,1-2H3,(H,19,20,21)/t11-,15+/m1/s1. The average molecular weight is 330 g/mol. The van der Waals surface area contributed by atoms with Crippen LogP contribution in [-0.2, 0) is 12.8 Å². The number of pyridine rings is 1. The summed E-state index contributed by atoms with van der Waals surface area (Å²) in [5.41, 5.74) is 3.14. The van der Waals surface area contributed by atoms with Gasteiger partial charge in [0, 0.05) is 28.7 Å². The maximum absolute atomic E-state index is 9.50. The van der Waals surface area contributed by atoms with Crippen LogP contribution < -0.4 is 5.32 Å². The van der Waals surface area contributed by atoms with Gasteiger partial charge >= 0.3 is 0 Å². The van der Waals surface area contributed by atoms with Gasteiger partial charge in [0.05, 0.1) is 6.61 Å². The van der Waals surface area contributed by atoms with Gasteiger partial charge in [-0.15, -0.1) is 0 Å². The van der Waals surface area contributed by atoms with Crippen molar-refractivity contribution >= 4 is 17.6 Å². The summed E-state index contributed by atoms with van der Waals surface area (Å²) in [6, 6.07) is 5.90. The number of thioether (sulfide) groups is 1. The SMILES string of the molecule is CS[C@@H](CO)[C@@H](C)Nc1nc(-c2ccccn2)nc2c1CCC2. The second kappa shape index (κ2) is 7.27. The van der Waals surface area contributed by atoms with Gasteiger partial charge < -0.3 is 10.4 Å². The summed E-state index contributed by atoms with van der Waals surface area (Å²) < 4.78 is 0. The summed E-state index contributed by atoms with van der Waals surface area (Å²) in [5.74, 6) is 1.57. The zero-order valence-corrected chi connectivity index (χ0v) is 14.3. The molecule has 0 aromatic carbocycles. The van der Waals surface area contributed by atoms with E-state index in [0.29, 0.717) is 5.82 Å². The molecule has 1 aliphatic rings. The Morgan fingerprint density at radius 2 is 2.17 bits per heavy atom. The lowest BCUT2D eigenvalue weighted by atomic mass is 10.2. The quantitative estimate of drug-likeness (QED) is 0.848. The van der Waals surface area contributed by atoms with Crippen LogP contribution in [0.4, 0.5) is 5.82 Å². The Morgan fingerprint density at radius 3 is 2.87 bits per heavy atom. The highest BCUT2D eigenvalue weighted by atomic mass is 32.2. The summed E-state index contributed by atoms with van der Waals surface area (Å²) in [7, 11) is 0. The molecule has 5 nitrogen and oxygen atoms in total. The molecule has 23 heavy (non-hydrogen) atoms. The van der Waals surface area contributed by atoms with Crippen LogP contribution in [0.3, 0.4) is 0 Å². The van der Waals surface area contributed by atoms with E-state index in [1.54, 1.807) is 18.0 Å². The summed E-state index contributed by atoms with van der Waals surface area (Å²) in [5, 5.41) is 13.1. The topological polar surface area (TPSA) is 70.9 Å². The van der Waals surface area contributed by atoms with Crippen molar-refractivity contribution < 1.29 is 5.11 Å². The first-order valence-electron chi connectivity index (χ1n) is 7.94. The van der Waals surface area contributed by atoms with Crippen LogP contribution in [0, 0.1) is 0 Å². The number of aliphatic hydroxyl groups is 1. The summed E-state index contributed by atoms with van der Waals surface area (Å²) in [4.78, 5) is 13.8. The maximum atomic E-state index is 9.50. The molecule has 122 valence electrons. The smallest absolute Gasteiger partial charge is 0.180 e. The van der Waals surface area contributed by atoms with E-state index in [-0.39, 0.29) is 17.9 Å². The molecular weight excluding hydrogens is 308 g/mol. The van der Waals surface area contributed by atoms with Crippen LogP contribution >= 0.6 is 11.8 Å². The maximum Gasteiger partial charge on any atom is 0.180 e. The Labute approximate surface area is 141 Å². The van der Waals surface area contributed by atoms with Gasteiger partial charge in [0.2, 0.25) is 0 Å². The Hall–Kier alpha value is -1.66. The first-order chi connectivity index (χ1) is 11.2. The predicted octanol–water partition coefficient (Wildman–Crippen LogP) is 2.55. The van der Waals surface area contributed by atoms with Gasteiger partial charge in [-0.25, -0.2) is 9.97 Å². The zero-order valence-electron chi connectivity index (χ0n) is 13.5. The lowest BCUT2D eigenvalue weighted by molar-refractivity contribution is 0.288. The zero-order chi connectivity index (χ0) is 16.2. The Morgan fingerprint density at radius 1 is 1.30 bits per heavy atom. The van der Waals surface area contributed by atoms with E-state index in [1.807, 2.05) is 24.5 Å². The molecule has 0 bridgehead atoms. The van der Waals surface area contributed by atoms with E-state index >= 15 is 0 Å². The number of nitrogens with one attached hydrogen (secondary N) is 1. The number of fused-ring (bicyclic) bond motifs is 1. The molecule has 0 amide bonds. The number of nitrogens with zero attached hydrogens (tertiary/aromatic N) is 3. The number of aryl methyl sites for hydroxylation is 1. The number of rotatable bonds is 6.